The summed E-state index contributed by atoms with van der Waals surface area (Å²) in [5.41, 5.74) is 1.69. The summed E-state index contributed by atoms with van der Waals surface area (Å²) in [5, 5.41) is 3.05. The summed E-state index contributed by atoms with van der Waals surface area (Å²) >= 11 is 0. The Morgan fingerprint density at radius 2 is 1.48 bits per heavy atom. The first kappa shape index (κ1) is 15.5. The number of benzene rings is 3. The quantitative estimate of drug-likeness (QED) is 0.423. The Hall–Kier alpha value is -3.79. The van der Waals surface area contributed by atoms with Crippen molar-refractivity contribution in [2.45, 2.75) is 0 Å². The van der Waals surface area contributed by atoms with Gasteiger partial charge in [0, 0.05) is 23.3 Å². The number of rotatable bonds is 3. The first-order chi connectivity index (χ1) is 13.4. The highest BCUT2D eigenvalue weighted by molar-refractivity contribution is 5.90. The Labute approximate surface area is 156 Å². The fraction of sp³-hybridized carbons (Fsp3) is 0. The molecule has 5 rings (SSSR count). The van der Waals surface area contributed by atoms with Gasteiger partial charge in [0.15, 0.2) is 5.82 Å². The third kappa shape index (κ3) is 2.87. The maximum atomic E-state index is 6.30. The molecule has 0 saturated heterocycles. The maximum absolute atomic E-state index is 6.30. The van der Waals surface area contributed by atoms with Crippen LogP contribution in [0.1, 0.15) is 0 Å². The van der Waals surface area contributed by atoms with Crippen molar-refractivity contribution in [3.63, 3.8) is 0 Å². The molecule has 2 aromatic heterocycles. The van der Waals surface area contributed by atoms with E-state index in [9.17, 15) is 0 Å². The van der Waals surface area contributed by atoms with Crippen molar-refractivity contribution < 1.29 is 4.74 Å². The molecule has 0 saturated carbocycles. The van der Waals surface area contributed by atoms with Crippen LogP contribution >= 0.6 is 0 Å². The molecule has 0 aliphatic heterocycles. The molecule has 4 nitrogen and oxygen atoms in total. The van der Waals surface area contributed by atoms with E-state index in [1.54, 1.807) is 12.4 Å². The van der Waals surface area contributed by atoms with Gasteiger partial charge in [0.25, 0.3) is 0 Å². The van der Waals surface area contributed by atoms with Gasteiger partial charge in [0.2, 0.25) is 5.88 Å². The summed E-state index contributed by atoms with van der Waals surface area (Å²) in [6.45, 7) is 0. The van der Waals surface area contributed by atoms with Crippen molar-refractivity contribution in [3.8, 4) is 23.0 Å². The van der Waals surface area contributed by atoms with Crippen molar-refractivity contribution in [2.24, 2.45) is 0 Å². The van der Waals surface area contributed by atoms with Crippen LogP contribution in [0.25, 0.3) is 33.1 Å². The summed E-state index contributed by atoms with van der Waals surface area (Å²) in [7, 11) is 0. The number of ether oxygens (including phenoxy) is 1. The van der Waals surface area contributed by atoms with Crippen LogP contribution in [0.15, 0.2) is 91.3 Å². The van der Waals surface area contributed by atoms with Crippen LogP contribution in [0.4, 0.5) is 0 Å². The summed E-state index contributed by atoms with van der Waals surface area (Å²) in [6.07, 6.45) is 3.49. The highest BCUT2D eigenvalue weighted by atomic mass is 16.5. The molecule has 0 unspecified atom stereocenters. The lowest BCUT2D eigenvalue weighted by Gasteiger charge is -2.12. The monoisotopic (exact) mass is 349 g/mol. The highest BCUT2D eigenvalue weighted by Crippen LogP contribution is 2.33. The van der Waals surface area contributed by atoms with Crippen LogP contribution in [-0.2, 0) is 0 Å². The van der Waals surface area contributed by atoms with E-state index in [4.69, 9.17) is 9.72 Å². The van der Waals surface area contributed by atoms with Crippen LogP contribution in [0.2, 0.25) is 0 Å². The van der Waals surface area contributed by atoms with E-state index in [0.29, 0.717) is 11.7 Å². The van der Waals surface area contributed by atoms with Crippen LogP contribution < -0.4 is 4.74 Å². The van der Waals surface area contributed by atoms with Gasteiger partial charge in [-0.25, -0.2) is 4.98 Å². The summed E-state index contributed by atoms with van der Waals surface area (Å²) in [4.78, 5) is 13.6. The Morgan fingerprint density at radius 1 is 0.667 bits per heavy atom. The fourth-order valence-corrected chi connectivity index (χ4v) is 3.14. The van der Waals surface area contributed by atoms with Gasteiger partial charge in [-0.15, -0.1) is 0 Å². The Morgan fingerprint density at radius 3 is 2.37 bits per heavy atom. The minimum atomic E-state index is 0.538. The number of hydrogen-bond acceptors (Lipinski definition) is 4. The second-order valence-corrected chi connectivity index (χ2v) is 6.19. The van der Waals surface area contributed by atoms with Gasteiger partial charge in [-0.1, -0.05) is 48.5 Å². The molecule has 0 fully saturated rings. The second kappa shape index (κ2) is 6.50. The van der Waals surface area contributed by atoms with Crippen LogP contribution in [0.5, 0.6) is 11.6 Å². The third-order valence-electron chi connectivity index (χ3n) is 4.44. The van der Waals surface area contributed by atoms with Crippen molar-refractivity contribution in [3.05, 3.63) is 91.3 Å². The van der Waals surface area contributed by atoms with E-state index in [-0.39, 0.29) is 0 Å². The number of hydrogen-bond donors (Lipinski definition) is 0. The number of aromatic nitrogens is 3. The third-order valence-corrected chi connectivity index (χ3v) is 4.44. The van der Waals surface area contributed by atoms with Crippen LogP contribution in [0, 0.1) is 0 Å². The van der Waals surface area contributed by atoms with Crippen molar-refractivity contribution in [1.82, 2.24) is 15.0 Å². The maximum Gasteiger partial charge on any atom is 0.230 e. The largest absolute Gasteiger partial charge is 0.438 e. The van der Waals surface area contributed by atoms with Crippen LogP contribution in [0.3, 0.4) is 0 Å². The molecule has 3 aromatic carbocycles. The molecule has 2 heterocycles. The first-order valence-corrected chi connectivity index (χ1v) is 8.71. The molecule has 0 aliphatic carbocycles. The lowest BCUT2D eigenvalue weighted by molar-refractivity contribution is 0.474. The number of nitrogens with zero attached hydrogens (tertiary/aromatic N) is 3. The first-order valence-electron chi connectivity index (χ1n) is 8.71. The van der Waals surface area contributed by atoms with E-state index in [1.165, 1.54) is 0 Å². The van der Waals surface area contributed by atoms with Crippen molar-refractivity contribution in [2.75, 3.05) is 0 Å². The molecular formula is C23H15N3O. The van der Waals surface area contributed by atoms with E-state index in [0.717, 1.165) is 33.0 Å². The Bertz CT molecular complexity index is 1250. The Kier molecular flexibility index (Phi) is 3.72. The zero-order valence-electron chi connectivity index (χ0n) is 14.4. The smallest absolute Gasteiger partial charge is 0.230 e. The topological polar surface area (TPSA) is 47.9 Å². The van der Waals surface area contributed by atoms with Gasteiger partial charge < -0.3 is 4.74 Å². The average Bonchev–Trinajstić information content (AvgIpc) is 2.74. The lowest BCUT2D eigenvalue weighted by atomic mass is 10.1. The number of fused-ring (bicyclic) bond motifs is 2. The minimum Gasteiger partial charge on any atom is -0.438 e. The zero-order valence-corrected chi connectivity index (χ0v) is 14.4. The van der Waals surface area contributed by atoms with E-state index >= 15 is 0 Å². The van der Waals surface area contributed by atoms with Gasteiger partial charge in [-0.2, -0.15) is 4.98 Å². The molecule has 0 bridgehead atoms. The fourth-order valence-electron chi connectivity index (χ4n) is 3.14. The predicted molar refractivity (Wildman–Crippen MR) is 107 cm³/mol. The summed E-state index contributed by atoms with van der Waals surface area (Å²) in [5.74, 6) is 1.90. The molecule has 27 heavy (non-hydrogen) atoms. The molecule has 0 aliphatic rings. The molecule has 0 spiro atoms. The molecule has 0 radical (unpaired) electrons. The number of para-hydroxylation sites is 1. The van der Waals surface area contributed by atoms with E-state index in [2.05, 4.69) is 28.2 Å². The van der Waals surface area contributed by atoms with E-state index in [1.807, 2.05) is 60.7 Å². The normalized spacial score (nSPS) is 11.0. The van der Waals surface area contributed by atoms with Crippen molar-refractivity contribution in [1.29, 1.82) is 0 Å². The highest BCUT2D eigenvalue weighted by Gasteiger charge is 2.12. The van der Waals surface area contributed by atoms with Crippen LogP contribution in [-0.4, -0.2) is 15.0 Å². The van der Waals surface area contributed by atoms with E-state index < -0.39 is 0 Å². The lowest BCUT2D eigenvalue weighted by Crippen LogP contribution is -1.96. The molecular weight excluding hydrogens is 334 g/mol. The molecule has 0 atom stereocenters. The second-order valence-electron chi connectivity index (χ2n) is 6.19. The predicted octanol–water partition coefficient (Wildman–Crippen LogP) is 5.64. The standard InChI is InChI=1S/C23H15N3O/c1-2-10-18-16(7-1)8-5-13-21(18)27-23-19-11-3-4-12-20(19)25-22(26-23)17-9-6-14-24-15-17/h1-15H. The molecule has 0 N–H and O–H groups in total. The van der Waals surface area contributed by atoms with Crippen molar-refractivity contribution >= 4 is 21.7 Å². The zero-order chi connectivity index (χ0) is 18.1. The molecule has 5 aromatic rings. The summed E-state index contributed by atoms with van der Waals surface area (Å²) in [6, 6.07) is 25.9. The average molecular weight is 349 g/mol. The minimum absolute atomic E-state index is 0.538. The molecule has 128 valence electrons. The van der Waals surface area contributed by atoms with Gasteiger partial charge in [-0.05, 0) is 35.7 Å². The van der Waals surface area contributed by atoms with Gasteiger partial charge >= 0.3 is 0 Å². The SMILES string of the molecule is c1cncc(-c2nc(Oc3cccc4ccccc34)c3ccccc3n2)c1. The Balaban J connectivity index is 1.70. The number of pyridine rings is 1. The summed E-state index contributed by atoms with van der Waals surface area (Å²) < 4.78 is 6.30. The molecule has 4 heteroatoms. The van der Waals surface area contributed by atoms with Gasteiger partial charge in [0.1, 0.15) is 5.75 Å². The molecule has 0 amide bonds. The van der Waals surface area contributed by atoms with Gasteiger partial charge in [-0.3, -0.25) is 4.98 Å². The van der Waals surface area contributed by atoms with Gasteiger partial charge in [0.05, 0.1) is 10.9 Å².